The van der Waals surface area contributed by atoms with Crippen molar-refractivity contribution in [3.63, 3.8) is 0 Å². The molecule has 0 spiro atoms. The van der Waals surface area contributed by atoms with Gasteiger partial charge >= 0.3 is 0 Å². The molecule has 1 aliphatic heterocycles. The fourth-order valence-corrected chi connectivity index (χ4v) is 4.29. The van der Waals surface area contributed by atoms with Crippen LogP contribution in [-0.2, 0) is 6.54 Å². The van der Waals surface area contributed by atoms with E-state index in [-0.39, 0.29) is 5.91 Å². The Balaban J connectivity index is 1.74. The highest BCUT2D eigenvalue weighted by molar-refractivity contribution is 5.98. The predicted molar refractivity (Wildman–Crippen MR) is 94.3 cm³/mol. The third-order valence-corrected chi connectivity index (χ3v) is 5.48. The second-order valence-corrected chi connectivity index (χ2v) is 6.83. The third-order valence-electron chi connectivity index (χ3n) is 5.48. The lowest BCUT2D eigenvalue weighted by Crippen LogP contribution is -2.48. The average Bonchev–Trinajstić information content (AvgIpc) is 2.65. The fraction of sp³-hybridized carbons (Fsp3) is 0.381. The number of hydrogen-bond acceptors (Lipinski definition) is 2. The van der Waals surface area contributed by atoms with E-state index in [9.17, 15) is 4.79 Å². The normalized spacial score (nSPS) is 22.7. The number of benzene rings is 2. The first-order chi connectivity index (χ1) is 11.8. The highest BCUT2D eigenvalue weighted by atomic mass is 16.5. The predicted octanol–water partition coefficient (Wildman–Crippen LogP) is 4.38. The summed E-state index contributed by atoms with van der Waals surface area (Å²) in [6.07, 6.45) is 4.74. The minimum Gasteiger partial charge on any atom is -0.497 e. The first-order valence-electron chi connectivity index (χ1n) is 8.81. The van der Waals surface area contributed by atoms with Crippen molar-refractivity contribution < 1.29 is 9.53 Å². The van der Waals surface area contributed by atoms with Gasteiger partial charge in [0.1, 0.15) is 5.75 Å². The lowest BCUT2D eigenvalue weighted by Gasteiger charge is -2.45. The lowest BCUT2D eigenvalue weighted by atomic mass is 9.74. The van der Waals surface area contributed by atoms with Gasteiger partial charge < -0.3 is 9.64 Å². The van der Waals surface area contributed by atoms with Crippen molar-refractivity contribution in [1.82, 2.24) is 4.90 Å². The number of hydrogen-bond donors (Lipinski definition) is 0. The highest BCUT2D eigenvalue weighted by Crippen LogP contribution is 2.43. The summed E-state index contributed by atoms with van der Waals surface area (Å²) in [7, 11) is 1.65. The van der Waals surface area contributed by atoms with Gasteiger partial charge in [0.25, 0.3) is 5.91 Å². The van der Waals surface area contributed by atoms with E-state index < -0.39 is 0 Å². The Kier molecular flexibility index (Phi) is 4.01. The third kappa shape index (κ3) is 2.58. The van der Waals surface area contributed by atoms with Gasteiger partial charge in [0, 0.05) is 24.1 Å². The van der Waals surface area contributed by atoms with Crippen LogP contribution < -0.4 is 4.74 Å². The molecule has 1 aliphatic carbocycles. The van der Waals surface area contributed by atoms with Gasteiger partial charge in [0.15, 0.2) is 0 Å². The molecule has 3 nitrogen and oxygen atoms in total. The number of amides is 1. The SMILES string of the molecule is COc1ccc2c(c1)C(=O)N(Cc1ccccc1)[C@H]1CCCC[C@@H]21. The average molecular weight is 321 g/mol. The standard InChI is InChI=1S/C21H23NO2/c1-24-16-11-12-17-18-9-5-6-10-20(18)22(21(23)19(17)13-16)14-15-7-3-2-4-8-15/h2-4,7-8,11-13,18,20H,5-6,9-10,14H2,1H3/t18-,20-/m0/s1. The van der Waals surface area contributed by atoms with Gasteiger partial charge in [0.2, 0.25) is 0 Å². The molecule has 0 N–H and O–H groups in total. The molecule has 3 heteroatoms. The maximum absolute atomic E-state index is 13.2. The maximum Gasteiger partial charge on any atom is 0.254 e. The molecule has 2 aromatic rings. The minimum atomic E-state index is 0.149. The van der Waals surface area contributed by atoms with Gasteiger partial charge in [0.05, 0.1) is 7.11 Å². The van der Waals surface area contributed by atoms with Crippen molar-refractivity contribution in [3.8, 4) is 5.75 Å². The van der Waals surface area contributed by atoms with E-state index in [0.29, 0.717) is 18.5 Å². The Morgan fingerprint density at radius 2 is 1.88 bits per heavy atom. The second kappa shape index (κ2) is 6.31. The number of carbonyl (C=O) groups is 1. The van der Waals surface area contributed by atoms with Crippen LogP contribution in [0.5, 0.6) is 5.75 Å². The van der Waals surface area contributed by atoms with Crippen LogP contribution >= 0.6 is 0 Å². The van der Waals surface area contributed by atoms with Gasteiger partial charge in [-0.15, -0.1) is 0 Å². The van der Waals surface area contributed by atoms with E-state index in [1.165, 1.54) is 30.4 Å². The summed E-state index contributed by atoms with van der Waals surface area (Å²) in [5.41, 5.74) is 3.24. The molecular weight excluding hydrogens is 298 g/mol. The minimum absolute atomic E-state index is 0.149. The first kappa shape index (κ1) is 15.3. The van der Waals surface area contributed by atoms with Gasteiger partial charge in [-0.1, -0.05) is 49.2 Å². The van der Waals surface area contributed by atoms with E-state index in [0.717, 1.165) is 17.7 Å². The van der Waals surface area contributed by atoms with Crippen molar-refractivity contribution in [1.29, 1.82) is 0 Å². The van der Waals surface area contributed by atoms with Crippen LogP contribution in [0, 0.1) is 0 Å². The Hall–Kier alpha value is -2.29. The number of methoxy groups -OCH3 is 1. The van der Waals surface area contributed by atoms with Gasteiger partial charge in [-0.3, -0.25) is 4.79 Å². The monoisotopic (exact) mass is 321 g/mol. The molecule has 0 radical (unpaired) electrons. The van der Waals surface area contributed by atoms with Crippen LogP contribution in [-0.4, -0.2) is 24.0 Å². The molecule has 2 atom stereocenters. The molecule has 2 aromatic carbocycles. The van der Waals surface area contributed by atoms with E-state index >= 15 is 0 Å². The zero-order valence-electron chi connectivity index (χ0n) is 14.1. The van der Waals surface area contributed by atoms with Crippen LogP contribution in [0.1, 0.15) is 53.1 Å². The van der Waals surface area contributed by atoms with Gasteiger partial charge in [-0.2, -0.15) is 0 Å². The molecule has 124 valence electrons. The molecule has 4 rings (SSSR count). The molecule has 1 saturated carbocycles. The van der Waals surface area contributed by atoms with Crippen molar-refractivity contribution in [3.05, 3.63) is 65.2 Å². The summed E-state index contributed by atoms with van der Waals surface area (Å²) in [6.45, 7) is 0.692. The van der Waals surface area contributed by atoms with Crippen LogP contribution in [0.4, 0.5) is 0 Å². The summed E-state index contributed by atoms with van der Waals surface area (Å²) in [5.74, 6) is 1.37. The van der Waals surface area contributed by atoms with Crippen molar-refractivity contribution in [2.75, 3.05) is 7.11 Å². The molecule has 0 saturated heterocycles. The molecule has 2 aliphatic rings. The van der Waals surface area contributed by atoms with Crippen molar-refractivity contribution in [2.45, 2.75) is 44.2 Å². The van der Waals surface area contributed by atoms with Crippen molar-refractivity contribution >= 4 is 5.91 Å². The number of nitrogens with zero attached hydrogens (tertiary/aromatic N) is 1. The molecule has 24 heavy (non-hydrogen) atoms. The molecule has 0 unspecified atom stereocenters. The summed E-state index contributed by atoms with van der Waals surface area (Å²) in [4.78, 5) is 15.3. The Labute approximate surface area is 143 Å². The van der Waals surface area contributed by atoms with E-state index in [4.69, 9.17) is 4.74 Å². The van der Waals surface area contributed by atoms with Gasteiger partial charge in [-0.05, 0) is 36.1 Å². The number of carbonyl (C=O) groups excluding carboxylic acids is 1. The topological polar surface area (TPSA) is 29.5 Å². The smallest absolute Gasteiger partial charge is 0.254 e. The van der Waals surface area contributed by atoms with E-state index in [2.05, 4.69) is 23.1 Å². The van der Waals surface area contributed by atoms with Crippen LogP contribution in [0.15, 0.2) is 48.5 Å². The quantitative estimate of drug-likeness (QED) is 0.840. The molecular formula is C21H23NO2. The van der Waals surface area contributed by atoms with E-state index in [1.807, 2.05) is 30.3 Å². The molecule has 1 heterocycles. The largest absolute Gasteiger partial charge is 0.497 e. The zero-order chi connectivity index (χ0) is 16.5. The van der Waals surface area contributed by atoms with Crippen molar-refractivity contribution in [2.24, 2.45) is 0 Å². The first-order valence-corrected chi connectivity index (χ1v) is 8.81. The Bertz CT molecular complexity index is 741. The maximum atomic E-state index is 13.2. The summed E-state index contributed by atoms with van der Waals surface area (Å²) in [6, 6.07) is 16.6. The number of ether oxygens (including phenoxy) is 1. The Morgan fingerprint density at radius 3 is 2.67 bits per heavy atom. The molecule has 0 bridgehead atoms. The van der Waals surface area contributed by atoms with Crippen LogP contribution in [0.25, 0.3) is 0 Å². The summed E-state index contributed by atoms with van der Waals surface area (Å²) >= 11 is 0. The number of rotatable bonds is 3. The second-order valence-electron chi connectivity index (χ2n) is 6.83. The zero-order valence-corrected chi connectivity index (χ0v) is 14.1. The highest BCUT2D eigenvalue weighted by Gasteiger charge is 2.40. The summed E-state index contributed by atoms with van der Waals surface area (Å²) in [5, 5.41) is 0. The molecule has 1 amide bonds. The van der Waals surface area contributed by atoms with Crippen LogP contribution in [0.3, 0.4) is 0 Å². The molecule has 0 aromatic heterocycles. The number of fused-ring (bicyclic) bond motifs is 3. The van der Waals surface area contributed by atoms with Gasteiger partial charge in [-0.25, -0.2) is 0 Å². The lowest BCUT2D eigenvalue weighted by molar-refractivity contribution is 0.0533. The molecule has 1 fully saturated rings. The van der Waals surface area contributed by atoms with E-state index in [1.54, 1.807) is 7.11 Å². The van der Waals surface area contributed by atoms with Crippen LogP contribution in [0.2, 0.25) is 0 Å². The Morgan fingerprint density at radius 1 is 1.08 bits per heavy atom. The fourth-order valence-electron chi connectivity index (χ4n) is 4.29. The summed E-state index contributed by atoms with van der Waals surface area (Å²) < 4.78 is 5.35.